The fourth-order valence-electron chi connectivity index (χ4n) is 4.00. The average Bonchev–Trinajstić information content (AvgIpc) is 3.36. The van der Waals surface area contributed by atoms with Crippen LogP contribution in [0.25, 0.3) is 11.4 Å². The molecule has 2 amide bonds. The number of ether oxygens (including phenoxy) is 2. The van der Waals surface area contributed by atoms with E-state index in [9.17, 15) is 9.59 Å². The number of aryl methyl sites for hydroxylation is 1. The van der Waals surface area contributed by atoms with Crippen LogP contribution in [0.2, 0.25) is 0 Å². The molecule has 0 bridgehead atoms. The van der Waals surface area contributed by atoms with Gasteiger partial charge in [-0.05, 0) is 12.1 Å². The zero-order valence-corrected chi connectivity index (χ0v) is 18.1. The van der Waals surface area contributed by atoms with Crippen LogP contribution in [0, 0.1) is 0 Å². The Morgan fingerprint density at radius 2 is 1.76 bits per heavy atom. The first-order valence-electron chi connectivity index (χ1n) is 11.0. The molecule has 33 heavy (non-hydrogen) atoms. The minimum Gasteiger partial charge on any atom is -0.476 e. The number of carbonyl (C=O) groups is 2. The Balaban J connectivity index is 1.28. The molecule has 9 nitrogen and oxygen atoms in total. The van der Waals surface area contributed by atoms with Crippen LogP contribution in [0.1, 0.15) is 12.3 Å². The Bertz CT molecular complexity index is 1130. The van der Waals surface area contributed by atoms with Gasteiger partial charge in [-0.25, -0.2) is 0 Å². The van der Waals surface area contributed by atoms with Crippen LogP contribution < -0.4 is 9.64 Å². The van der Waals surface area contributed by atoms with Crippen molar-refractivity contribution < 1.29 is 23.6 Å². The lowest BCUT2D eigenvalue weighted by Gasteiger charge is -2.37. The first-order chi connectivity index (χ1) is 16.2. The largest absolute Gasteiger partial charge is 0.476 e. The van der Waals surface area contributed by atoms with Gasteiger partial charge in [0.2, 0.25) is 17.6 Å². The highest BCUT2D eigenvalue weighted by Crippen LogP contribution is 2.34. The molecule has 9 heteroatoms. The maximum atomic E-state index is 13.2. The molecule has 1 atom stereocenters. The van der Waals surface area contributed by atoms with Crippen molar-refractivity contribution >= 4 is 17.5 Å². The van der Waals surface area contributed by atoms with E-state index in [4.69, 9.17) is 14.0 Å². The molecule has 0 saturated carbocycles. The number of rotatable bonds is 5. The van der Waals surface area contributed by atoms with Crippen LogP contribution >= 0.6 is 0 Å². The smallest absolute Gasteiger partial charge is 0.265 e. The number of anilines is 1. The van der Waals surface area contributed by atoms with Gasteiger partial charge in [0.25, 0.3) is 5.91 Å². The topological polar surface area (TPSA) is 98.0 Å². The number of hydrogen-bond acceptors (Lipinski definition) is 7. The molecule has 0 radical (unpaired) electrons. The summed E-state index contributed by atoms with van der Waals surface area (Å²) in [6.45, 7) is 2.22. The third-order valence-corrected chi connectivity index (χ3v) is 5.73. The van der Waals surface area contributed by atoms with Crippen molar-refractivity contribution in [2.75, 3.05) is 37.7 Å². The summed E-state index contributed by atoms with van der Waals surface area (Å²) in [7, 11) is 0. The predicted molar refractivity (Wildman–Crippen MR) is 119 cm³/mol. The molecule has 1 aromatic heterocycles. The molecular weight excluding hydrogens is 424 g/mol. The minimum absolute atomic E-state index is 0.130. The van der Waals surface area contributed by atoms with Gasteiger partial charge in [0.05, 0.1) is 25.4 Å². The molecule has 1 saturated heterocycles. The van der Waals surface area contributed by atoms with Gasteiger partial charge in [-0.1, -0.05) is 47.6 Å². The van der Waals surface area contributed by atoms with E-state index in [0.717, 1.165) is 5.56 Å². The van der Waals surface area contributed by atoms with Gasteiger partial charge in [0.1, 0.15) is 5.75 Å². The first kappa shape index (κ1) is 21.1. The van der Waals surface area contributed by atoms with Gasteiger partial charge < -0.3 is 23.8 Å². The molecule has 1 fully saturated rings. The van der Waals surface area contributed by atoms with Crippen molar-refractivity contribution in [3.8, 4) is 17.1 Å². The van der Waals surface area contributed by atoms with Crippen molar-refractivity contribution in [1.82, 2.24) is 15.0 Å². The fourth-order valence-corrected chi connectivity index (χ4v) is 4.00. The van der Waals surface area contributed by atoms with E-state index < -0.39 is 6.10 Å². The molecule has 2 aliphatic rings. The number of fused-ring (bicyclic) bond motifs is 1. The Labute approximate surface area is 190 Å². The van der Waals surface area contributed by atoms with Crippen molar-refractivity contribution in [1.29, 1.82) is 0 Å². The zero-order chi connectivity index (χ0) is 22.6. The molecular formula is C24H24N4O5. The number of carbonyl (C=O) groups excluding carboxylic acids is 2. The summed E-state index contributed by atoms with van der Waals surface area (Å²) in [6, 6.07) is 16.8. The maximum absolute atomic E-state index is 13.2. The predicted octanol–water partition coefficient (Wildman–Crippen LogP) is 2.32. The average molecular weight is 448 g/mol. The van der Waals surface area contributed by atoms with Crippen molar-refractivity contribution in [3.05, 3.63) is 60.5 Å². The number of nitrogens with zero attached hydrogens (tertiary/aromatic N) is 4. The fraction of sp³-hybridized carbons (Fsp3) is 0.333. The number of aromatic nitrogens is 2. The van der Waals surface area contributed by atoms with E-state index in [2.05, 4.69) is 10.1 Å². The quantitative estimate of drug-likeness (QED) is 0.591. The van der Waals surface area contributed by atoms with Gasteiger partial charge in [0.15, 0.2) is 6.10 Å². The highest BCUT2D eigenvalue weighted by atomic mass is 16.5. The summed E-state index contributed by atoms with van der Waals surface area (Å²) in [4.78, 5) is 34.0. The maximum Gasteiger partial charge on any atom is 0.265 e. The normalized spacial score (nSPS) is 17.9. The summed E-state index contributed by atoms with van der Waals surface area (Å²) in [6.07, 6.45) is -0.279. The molecule has 3 aromatic rings. The summed E-state index contributed by atoms with van der Waals surface area (Å²) in [5.41, 5.74) is 1.51. The van der Waals surface area contributed by atoms with Crippen LogP contribution in [0.15, 0.2) is 59.1 Å². The van der Waals surface area contributed by atoms with E-state index in [1.54, 1.807) is 15.9 Å². The van der Waals surface area contributed by atoms with E-state index in [1.807, 2.05) is 48.5 Å². The number of amides is 2. The van der Waals surface area contributed by atoms with Gasteiger partial charge >= 0.3 is 0 Å². The first-order valence-corrected chi connectivity index (χ1v) is 11.0. The Hall–Kier alpha value is -3.72. The monoisotopic (exact) mass is 448 g/mol. The number of benzene rings is 2. The van der Waals surface area contributed by atoms with Crippen LogP contribution in [-0.4, -0.2) is 65.8 Å². The van der Waals surface area contributed by atoms with Gasteiger partial charge in [0, 0.05) is 31.5 Å². The van der Waals surface area contributed by atoms with Gasteiger partial charge in [-0.15, -0.1) is 0 Å². The second-order valence-electron chi connectivity index (χ2n) is 7.89. The third kappa shape index (κ3) is 4.58. The van der Waals surface area contributed by atoms with E-state index in [-0.39, 0.29) is 24.8 Å². The van der Waals surface area contributed by atoms with Crippen molar-refractivity contribution in [3.63, 3.8) is 0 Å². The molecule has 5 rings (SSSR count). The molecule has 0 spiro atoms. The summed E-state index contributed by atoms with van der Waals surface area (Å²) < 4.78 is 16.6. The standard InChI is InChI=1S/C24H24N4O5/c29-22(11-10-21-25-23(26-33-21)17-6-2-1-3-7-17)28-16-20(24(30)27-12-14-31-15-13-27)32-19-9-5-4-8-18(19)28/h1-9,20H,10-16H2/t20-/m1/s1. The molecule has 2 aliphatic heterocycles. The van der Waals surface area contributed by atoms with Crippen molar-refractivity contribution in [2.24, 2.45) is 0 Å². The summed E-state index contributed by atoms with van der Waals surface area (Å²) in [5, 5.41) is 4.01. The van der Waals surface area contributed by atoms with E-state index in [0.29, 0.717) is 55.9 Å². The Morgan fingerprint density at radius 1 is 1.00 bits per heavy atom. The molecule has 3 heterocycles. The van der Waals surface area contributed by atoms with Gasteiger partial charge in [-0.3, -0.25) is 9.59 Å². The second-order valence-corrected chi connectivity index (χ2v) is 7.89. The Morgan fingerprint density at radius 3 is 2.58 bits per heavy atom. The SMILES string of the molecule is O=C([C@H]1CN(C(=O)CCc2nc(-c3ccccc3)no2)c2ccccc2O1)N1CCOCC1. The second kappa shape index (κ2) is 9.41. The van der Waals surface area contributed by atoms with Crippen LogP contribution in [0.4, 0.5) is 5.69 Å². The summed E-state index contributed by atoms with van der Waals surface area (Å²) >= 11 is 0. The molecule has 0 N–H and O–H groups in total. The zero-order valence-electron chi connectivity index (χ0n) is 18.1. The Kier molecular flexibility index (Phi) is 6.03. The number of para-hydroxylation sites is 2. The van der Waals surface area contributed by atoms with Gasteiger partial charge in [-0.2, -0.15) is 4.98 Å². The minimum atomic E-state index is -0.755. The molecule has 2 aromatic carbocycles. The molecule has 170 valence electrons. The number of morpholine rings is 1. The van der Waals surface area contributed by atoms with E-state index in [1.165, 1.54) is 0 Å². The van der Waals surface area contributed by atoms with E-state index >= 15 is 0 Å². The third-order valence-electron chi connectivity index (χ3n) is 5.73. The lowest BCUT2D eigenvalue weighted by molar-refractivity contribution is -0.142. The van der Waals surface area contributed by atoms with Crippen LogP contribution in [0.3, 0.4) is 0 Å². The van der Waals surface area contributed by atoms with Crippen LogP contribution in [0.5, 0.6) is 5.75 Å². The number of hydrogen-bond donors (Lipinski definition) is 0. The van der Waals surface area contributed by atoms with Crippen LogP contribution in [-0.2, 0) is 20.7 Å². The molecule has 0 unspecified atom stereocenters. The highest BCUT2D eigenvalue weighted by molar-refractivity contribution is 5.97. The highest BCUT2D eigenvalue weighted by Gasteiger charge is 2.36. The van der Waals surface area contributed by atoms with Crippen molar-refractivity contribution in [2.45, 2.75) is 18.9 Å². The lowest BCUT2D eigenvalue weighted by Crippen LogP contribution is -2.54. The molecule has 0 aliphatic carbocycles. The summed E-state index contributed by atoms with van der Waals surface area (Å²) in [5.74, 6) is 1.14. The lowest BCUT2D eigenvalue weighted by atomic mass is 10.1.